The average molecular weight is 528 g/mol. The number of ether oxygens (including phenoxy) is 1. The monoisotopic (exact) mass is 526 g/mol. The summed E-state index contributed by atoms with van der Waals surface area (Å²) in [6.45, 7) is 0. The number of methoxy groups -OCH3 is 1. The number of nitrogens with zero attached hydrogens (tertiary/aromatic N) is 2. The molecule has 1 aliphatic rings. The van der Waals surface area contributed by atoms with E-state index in [1.165, 1.54) is 0 Å². The molecule has 0 unspecified atom stereocenters. The van der Waals surface area contributed by atoms with Gasteiger partial charge in [0.15, 0.2) is 6.10 Å². The molecule has 1 amide bonds. The van der Waals surface area contributed by atoms with Crippen LogP contribution in [0, 0.1) is 0 Å². The number of carbonyl (C=O) groups is 1. The van der Waals surface area contributed by atoms with Crippen LogP contribution in [0.1, 0.15) is 35.3 Å². The van der Waals surface area contributed by atoms with Gasteiger partial charge in [-0.25, -0.2) is 5.01 Å². The van der Waals surface area contributed by atoms with Crippen molar-refractivity contribution in [2.24, 2.45) is 5.10 Å². The Bertz CT molecular complexity index is 1050. The first-order valence-electron chi connectivity index (χ1n) is 9.56. The fourth-order valence-corrected chi connectivity index (χ4v) is 4.13. The predicted molar refractivity (Wildman–Crippen MR) is 125 cm³/mol. The van der Waals surface area contributed by atoms with Crippen molar-refractivity contribution < 1.29 is 9.53 Å². The number of hydrazone groups is 1. The molecule has 0 spiro atoms. The highest BCUT2D eigenvalue weighted by atomic mass is 79.9. The van der Waals surface area contributed by atoms with Crippen molar-refractivity contribution in [2.75, 3.05) is 7.11 Å². The van der Waals surface area contributed by atoms with Gasteiger partial charge < -0.3 is 4.74 Å². The number of benzene rings is 3. The summed E-state index contributed by atoms with van der Waals surface area (Å²) in [7, 11) is 1.56. The van der Waals surface area contributed by atoms with E-state index in [2.05, 4.69) is 31.9 Å². The Kier molecular flexibility index (Phi) is 6.46. The highest BCUT2D eigenvalue weighted by Gasteiger charge is 2.37. The van der Waals surface area contributed by atoms with Gasteiger partial charge in [-0.3, -0.25) is 4.79 Å². The molecule has 3 aromatic rings. The molecule has 0 aliphatic carbocycles. The Morgan fingerprint density at radius 3 is 2.17 bits per heavy atom. The van der Waals surface area contributed by atoms with Gasteiger partial charge in [-0.15, -0.1) is 0 Å². The van der Waals surface area contributed by atoms with E-state index in [0.29, 0.717) is 6.42 Å². The Labute approximate surface area is 192 Å². The first-order valence-corrected chi connectivity index (χ1v) is 11.1. The molecule has 0 radical (unpaired) electrons. The lowest BCUT2D eigenvalue weighted by atomic mass is 9.98. The summed E-state index contributed by atoms with van der Waals surface area (Å²) in [5, 5.41) is 6.34. The van der Waals surface area contributed by atoms with Crippen LogP contribution in [0.3, 0.4) is 0 Å². The zero-order valence-electron chi connectivity index (χ0n) is 16.3. The first-order chi connectivity index (χ1) is 14.6. The van der Waals surface area contributed by atoms with E-state index < -0.39 is 6.10 Å². The van der Waals surface area contributed by atoms with Crippen LogP contribution in [0.4, 0.5) is 0 Å². The molecule has 2 atom stereocenters. The lowest BCUT2D eigenvalue weighted by Crippen LogP contribution is -2.32. The number of hydrogen-bond acceptors (Lipinski definition) is 3. The molecule has 4 rings (SSSR count). The lowest BCUT2D eigenvalue weighted by Gasteiger charge is -2.26. The standard InChI is InChI=1S/C24H20Br2N2O2/c1-30-23(18-5-3-2-4-6-18)24(29)28-22(17-9-13-20(26)14-10-17)15-21(27-28)16-7-11-19(25)12-8-16/h2-14,22-23H,15H2,1H3/t22-,23-/m1/s1. The van der Waals surface area contributed by atoms with Crippen molar-refractivity contribution in [1.29, 1.82) is 0 Å². The van der Waals surface area contributed by atoms with Gasteiger partial charge in [0.1, 0.15) is 0 Å². The maximum Gasteiger partial charge on any atom is 0.276 e. The van der Waals surface area contributed by atoms with Gasteiger partial charge >= 0.3 is 0 Å². The minimum Gasteiger partial charge on any atom is -0.367 e. The van der Waals surface area contributed by atoms with Crippen molar-refractivity contribution in [3.63, 3.8) is 0 Å². The molecular formula is C24H20Br2N2O2. The van der Waals surface area contributed by atoms with Gasteiger partial charge in [0, 0.05) is 22.5 Å². The first kappa shape index (κ1) is 21.0. The van der Waals surface area contributed by atoms with E-state index in [-0.39, 0.29) is 11.9 Å². The van der Waals surface area contributed by atoms with Crippen molar-refractivity contribution in [1.82, 2.24) is 5.01 Å². The smallest absolute Gasteiger partial charge is 0.276 e. The summed E-state index contributed by atoms with van der Waals surface area (Å²) >= 11 is 6.96. The highest BCUT2D eigenvalue weighted by molar-refractivity contribution is 9.10. The van der Waals surface area contributed by atoms with E-state index in [0.717, 1.165) is 31.3 Å². The largest absolute Gasteiger partial charge is 0.367 e. The summed E-state index contributed by atoms with van der Waals surface area (Å²) in [5.74, 6) is -0.177. The van der Waals surface area contributed by atoms with E-state index in [1.807, 2.05) is 78.9 Å². The molecule has 1 heterocycles. The Hall–Kier alpha value is -2.28. The van der Waals surface area contributed by atoms with Gasteiger partial charge in [0.25, 0.3) is 5.91 Å². The Balaban J connectivity index is 1.71. The van der Waals surface area contributed by atoms with Crippen molar-refractivity contribution in [3.05, 3.63) is 104 Å². The van der Waals surface area contributed by atoms with Gasteiger partial charge in [-0.1, -0.05) is 86.5 Å². The van der Waals surface area contributed by atoms with E-state index in [1.54, 1.807) is 12.1 Å². The van der Waals surface area contributed by atoms with Crippen LogP contribution < -0.4 is 0 Å². The average Bonchev–Trinajstić information content (AvgIpc) is 3.21. The molecule has 0 saturated carbocycles. The van der Waals surface area contributed by atoms with Gasteiger partial charge in [0.2, 0.25) is 0 Å². The molecule has 6 heteroatoms. The molecule has 30 heavy (non-hydrogen) atoms. The minimum absolute atomic E-state index is 0.177. The number of carbonyl (C=O) groups excluding carboxylic acids is 1. The maximum absolute atomic E-state index is 13.5. The Morgan fingerprint density at radius 1 is 0.967 bits per heavy atom. The molecule has 0 bridgehead atoms. The van der Waals surface area contributed by atoms with Crippen LogP contribution >= 0.6 is 31.9 Å². The fraction of sp³-hybridized carbons (Fsp3) is 0.167. The van der Waals surface area contributed by atoms with Crippen LogP contribution in [-0.2, 0) is 9.53 Å². The molecule has 0 fully saturated rings. The fourth-order valence-electron chi connectivity index (χ4n) is 3.60. The zero-order valence-corrected chi connectivity index (χ0v) is 19.5. The van der Waals surface area contributed by atoms with E-state index in [4.69, 9.17) is 9.84 Å². The summed E-state index contributed by atoms with van der Waals surface area (Å²) < 4.78 is 7.60. The third kappa shape index (κ3) is 4.41. The summed E-state index contributed by atoms with van der Waals surface area (Å²) in [4.78, 5) is 13.5. The van der Waals surface area contributed by atoms with E-state index >= 15 is 0 Å². The SMILES string of the molecule is CO[C@@H](C(=O)N1N=C(c2ccc(Br)cc2)C[C@@H]1c1ccc(Br)cc1)c1ccccc1. The molecule has 1 aliphatic heterocycles. The van der Waals surface area contributed by atoms with Crippen LogP contribution in [0.5, 0.6) is 0 Å². The molecular weight excluding hydrogens is 508 g/mol. The number of halogens is 2. The second kappa shape index (κ2) is 9.25. The summed E-state index contributed by atoms with van der Waals surface area (Å²) in [6.07, 6.45) is -0.0718. The summed E-state index contributed by atoms with van der Waals surface area (Å²) in [5.41, 5.74) is 3.73. The number of amides is 1. The predicted octanol–water partition coefficient (Wildman–Crippen LogP) is 6.28. The van der Waals surface area contributed by atoms with Crippen molar-refractivity contribution in [3.8, 4) is 0 Å². The second-order valence-corrected chi connectivity index (χ2v) is 8.87. The van der Waals surface area contributed by atoms with Crippen molar-refractivity contribution >= 4 is 43.5 Å². The summed E-state index contributed by atoms with van der Waals surface area (Å²) in [6, 6.07) is 25.4. The number of hydrogen-bond donors (Lipinski definition) is 0. The molecule has 4 nitrogen and oxygen atoms in total. The van der Waals surface area contributed by atoms with Crippen LogP contribution in [0.2, 0.25) is 0 Å². The maximum atomic E-state index is 13.5. The molecule has 0 saturated heterocycles. The quantitative estimate of drug-likeness (QED) is 0.392. The van der Waals surface area contributed by atoms with Gasteiger partial charge in [-0.2, -0.15) is 5.10 Å². The molecule has 3 aromatic carbocycles. The number of rotatable bonds is 5. The van der Waals surface area contributed by atoms with E-state index in [9.17, 15) is 4.79 Å². The van der Waals surface area contributed by atoms with Crippen LogP contribution in [-0.4, -0.2) is 23.7 Å². The third-order valence-corrected chi connectivity index (χ3v) is 6.19. The lowest BCUT2D eigenvalue weighted by molar-refractivity contribution is -0.144. The highest BCUT2D eigenvalue weighted by Crippen LogP contribution is 2.36. The molecule has 0 aromatic heterocycles. The zero-order chi connectivity index (χ0) is 21.1. The van der Waals surface area contributed by atoms with Crippen LogP contribution in [0.15, 0.2) is 92.9 Å². The minimum atomic E-state index is -0.711. The van der Waals surface area contributed by atoms with Gasteiger partial charge in [-0.05, 0) is 41.0 Å². The molecule has 0 N–H and O–H groups in total. The van der Waals surface area contributed by atoms with Gasteiger partial charge in [0.05, 0.1) is 11.8 Å². The second-order valence-electron chi connectivity index (χ2n) is 7.03. The van der Waals surface area contributed by atoms with Crippen LogP contribution in [0.25, 0.3) is 0 Å². The normalized spacial score (nSPS) is 17.0. The molecule has 152 valence electrons. The van der Waals surface area contributed by atoms with Crippen molar-refractivity contribution in [2.45, 2.75) is 18.6 Å². The Morgan fingerprint density at radius 2 is 1.57 bits per heavy atom. The topological polar surface area (TPSA) is 41.9 Å². The third-order valence-electron chi connectivity index (χ3n) is 5.13.